The summed E-state index contributed by atoms with van der Waals surface area (Å²) in [5, 5.41) is 19.3. The molecule has 0 saturated carbocycles. The van der Waals surface area contributed by atoms with Crippen molar-refractivity contribution >= 4 is 45.7 Å². The Hall–Kier alpha value is -3.46. The van der Waals surface area contributed by atoms with Crippen molar-refractivity contribution in [1.29, 1.82) is 5.26 Å². The van der Waals surface area contributed by atoms with Crippen molar-refractivity contribution in [1.82, 2.24) is 4.98 Å². The van der Waals surface area contributed by atoms with Crippen molar-refractivity contribution in [2.45, 2.75) is 0 Å². The summed E-state index contributed by atoms with van der Waals surface area (Å²) >= 11 is 1.86. The zero-order valence-corrected chi connectivity index (χ0v) is 16.6. The van der Waals surface area contributed by atoms with Gasteiger partial charge in [0.15, 0.2) is 0 Å². The van der Waals surface area contributed by atoms with E-state index < -0.39 is 23.4 Å². The van der Waals surface area contributed by atoms with Crippen molar-refractivity contribution < 1.29 is 23.4 Å². The van der Waals surface area contributed by atoms with E-state index >= 15 is 0 Å². The Bertz CT molecular complexity index is 1150. The lowest BCUT2D eigenvalue weighted by atomic mass is 10.1. The van der Waals surface area contributed by atoms with Gasteiger partial charge in [0, 0.05) is 15.7 Å². The molecule has 2 aromatic carbocycles. The number of ether oxygens (including phenoxy) is 1. The molecule has 0 bridgehead atoms. The summed E-state index contributed by atoms with van der Waals surface area (Å²) in [4.78, 5) is 16.2. The van der Waals surface area contributed by atoms with Gasteiger partial charge in [-0.05, 0) is 46.9 Å². The van der Waals surface area contributed by atoms with Crippen LogP contribution in [0.1, 0.15) is 5.56 Å². The average molecular weight is 508 g/mol. The Morgan fingerprint density at radius 2 is 1.97 bits per heavy atom. The molecule has 7 nitrogen and oxygen atoms in total. The van der Waals surface area contributed by atoms with Crippen LogP contribution >= 0.6 is 22.6 Å². The molecular formula is C19H11F2IN4O3. The molecule has 0 unspecified atom stereocenters. The lowest BCUT2D eigenvalue weighted by molar-refractivity contribution is 0.204. The molecule has 3 N–H and O–H groups in total. The van der Waals surface area contributed by atoms with Gasteiger partial charge in [0.25, 0.3) is 0 Å². The molecular weight excluding hydrogens is 497 g/mol. The second-order valence-electron chi connectivity index (χ2n) is 5.68. The van der Waals surface area contributed by atoms with Gasteiger partial charge in [0.1, 0.15) is 34.8 Å². The van der Waals surface area contributed by atoms with Gasteiger partial charge in [-0.3, -0.25) is 4.98 Å². The van der Waals surface area contributed by atoms with E-state index in [1.807, 2.05) is 22.6 Å². The molecule has 0 aliphatic rings. The lowest BCUT2D eigenvalue weighted by Gasteiger charge is -2.22. The monoisotopic (exact) mass is 508 g/mol. The molecule has 3 aromatic rings. The molecule has 1 amide bonds. The number of nitrogens with zero attached hydrogens (tertiary/aromatic N) is 3. The largest absolute Gasteiger partial charge is 0.464 e. The highest BCUT2D eigenvalue weighted by Crippen LogP contribution is 2.38. The molecule has 0 aliphatic carbocycles. The first-order valence-corrected chi connectivity index (χ1v) is 8.98. The number of carboxylic acid groups (broad SMARTS) is 1. The molecule has 1 heterocycles. The lowest BCUT2D eigenvalue weighted by Crippen LogP contribution is -2.26. The van der Waals surface area contributed by atoms with Crippen molar-refractivity contribution in [3.63, 3.8) is 0 Å². The summed E-state index contributed by atoms with van der Waals surface area (Å²) in [5.74, 6) is -1.90. The fourth-order valence-corrected chi connectivity index (χ4v) is 3.01. The number of nitrogens with two attached hydrogens (primary N) is 1. The molecule has 146 valence electrons. The summed E-state index contributed by atoms with van der Waals surface area (Å²) in [5.41, 5.74) is 4.82. The Balaban J connectivity index is 2.18. The Morgan fingerprint density at radius 1 is 1.21 bits per heavy atom. The van der Waals surface area contributed by atoms with Crippen LogP contribution in [-0.4, -0.2) is 16.2 Å². The van der Waals surface area contributed by atoms with Crippen LogP contribution in [0.3, 0.4) is 0 Å². The first-order valence-electron chi connectivity index (χ1n) is 7.90. The van der Waals surface area contributed by atoms with Gasteiger partial charge in [0.2, 0.25) is 0 Å². The van der Waals surface area contributed by atoms with Crippen LogP contribution in [0.5, 0.6) is 11.5 Å². The first kappa shape index (κ1) is 20.3. The smallest absolute Gasteiger partial charge is 0.416 e. The number of nitriles is 1. The van der Waals surface area contributed by atoms with E-state index in [4.69, 9.17) is 10.5 Å². The first-order chi connectivity index (χ1) is 13.8. The minimum absolute atomic E-state index is 0.111. The van der Waals surface area contributed by atoms with Crippen molar-refractivity contribution in [3.05, 3.63) is 69.6 Å². The van der Waals surface area contributed by atoms with E-state index in [1.165, 1.54) is 30.6 Å². The predicted molar refractivity (Wildman–Crippen MR) is 109 cm³/mol. The average Bonchev–Trinajstić information content (AvgIpc) is 2.63. The zero-order chi connectivity index (χ0) is 21.1. The van der Waals surface area contributed by atoms with Gasteiger partial charge < -0.3 is 15.6 Å². The number of amides is 1. The number of anilines is 3. The SMILES string of the molecule is N#Cc1c(Oc2cncc(N)c2)cc(F)cc1N(C(=O)O)c1ccc(I)cc1F. The van der Waals surface area contributed by atoms with E-state index in [2.05, 4.69) is 4.98 Å². The Kier molecular flexibility index (Phi) is 5.79. The number of nitrogen functional groups attached to an aromatic ring is 1. The van der Waals surface area contributed by atoms with Crippen LogP contribution in [0.15, 0.2) is 48.8 Å². The van der Waals surface area contributed by atoms with Gasteiger partial charge in [-0.25, -0.2) is 18.5 Å². The Labute approximate surface area is 177 Å². The molecule has 10 heteroatoms. The standard InChI is InChI=1S/C19H11F2IN4O3/c20-10-3-17(26(19(27)28)16-2-1-11(22)5-15(16)21)14(7-23)18(4-10)29-13-6-12(24)8-25-9-13/h1-6,8-9H,24H2,(H,27,28). The van der Waals surface area contributed by atoms with E-state index in [-0.39, 0.29) is 28.4 Å². The van der Waals surface area contributed by atoms with Crippen LogP contribution in [0.2, 0.25) is 0 Å². The van der Waals surface area contributed by atoms with Crippen molar-refractivity contribution in [2.75, 3.05) is 10.6 Å². The minimum atomic E-state index is -1.61. The molecule has 0 atom stereocenters. The number of carbonyl (C=O) groups is 1. The summed E-state index contributed by atoms with van der Waals surface area (Å²) < 4.78 is 34.8. The van der Waals surface area contributed by atoms with Crippen LogP contribution in [-0.2, 0) is 0 Å². The van der Waals surface area contributed by atoms with E-state index in [9.17, 15) is 23.9 Å². The number of hydrogen-bond donors (Lipinski definition) is 2. The molecule has 0 aliphatic heterocycles. The van der Waals surface area contributed by atoms with Crippen molar-refractivity contribution in [2.24, 2.45) is 0 Å². The number of aromatic nitrogens is 1. The maximum absolute atomic E-state index is 14.4. The fourth-order valence-electron chi connectivity index (χ4n) is 2.55. The summed E-state index contributed by atoms with van der Waals surface area (Å²) in [6.45, 7) is 0. The topological polar surface area (TPSA) is 112 Å². The molecule has 0 saturated heterocycles. The second-order valence-corrected chi connectivity index (χ2v) is 6.93. The minimum Gasteiger partial charge on any atom is -0.464 e. The maximum atomic E-state index is 14.4. The highest BCUT2D eigenvalue weighted by molar-refractivity contribution is 14.1. The van der Waals surface area contributed by atoms with E-state index in [1.54, 1.807) is 6.07 Å². The number of benzene rings is 2. The summed E-state index contributed by atoms with van der Waals surface area (Å²) in [6, 6.07) is 8.73. The second kappa shape index (κ2) is 8.27. The number of rotatable bonds is 4. The predicted octanol–water partition coefficient (Wildman–Crippen LogP) is 5.03. The fraction of sp³-hybridized carbons (Fsp3) is 0. The molecule has 0 spiro atoms. The van der Waals surface area contributed by atoms with Gasteiger partial charge in [-0.1, -0.05) is 0 Å². The molecule has 1 aromatic heterocycles. The highest BCUT2D eigenvalue weighted by atomic mass is 127. The molecule has 3 rings (SSSR count). The maximum Gasteiger partial charge on any atom is 0.416 e. The Morgan fingerprint density at radius 3 is 2.59 bits per heavy atom. The van der Waals surface area contributed by atoms with Crippen LogP contribution < -0.4 is 15.4 Å². The molecule has 29 heavy (non-hydrogen) atoms. The quantitative estimate of drug-likeness (QED) is 0.479. The number of pyridine rings is 1. The van der Waals surface area contributed by atoms with Gasteiger partial charge in [0.05, 0.1) is 29.5 Å². The molecule has 0 radical (unpaired) electrons. The van der Waals surface area contributed by atoms with E-state index in [0.717, 1.165) is 18.2 Å². The van der Waals surface area contributed by atoms with Gasteiger partial charge in [-0.2, -0.15) is 5.26 Å². The van der Waals surface area contributed by atoms with E-state index in [0.29, 0.717) is 8.47 Å². The number of hydrogen-bond acceptors (Lipinski definition) is 5. The summed E-state index contributed by atoms with van der Waals surface area (Å²) in [7, 11) is 0. The normalized spacial score (nSPS) is 10.3. The zero-order valence-electron chi connectivity index (χ0n) is 14.4. The third kappa shape index (κ3) is 4.35. The van der Waals surface area contributed by atoms with Crippen LogP contribution in [0, 0.1) is 26.5 Å². The number of halogens is 3. The van der Waals surface area contributed by atoms with Crippen LogP contribution in [0.25, 0.3) is 0 Å². The van der Waals surface area contributed by atoms with Gasteiger partial charge >= 0.3 is 6.09 Å². The third-order valence-electron chi connectivity index (χ3n) is 3.70. The van der Waals surface area contributed by atoms with Crippen molar-refractivity contribution in [3.8, 4) is 17.6 Å². The third-order valence-corrected chi connectivity index (χ3v) is 4.37. The summed E-state index contributed by atoms with van der Waals surface area (Å²) in [6.07, 6.45) is 1.04. The molecule has 0 fully saturated rings. The van der Waals surface area contributed by atoms with Gasteiger partial charge in [-0.15, -0.1) is 0 Å². The highest BCUT2D eigenvalue weighted by Gasteiger charge is 2.26. The van der Waals surface area contributed by atoms with Crippen LogP contribution in [0.4, 0.5) is 30.6 Å².